The lowest BCUT2D eigenvalue weighted by Crippen LogP contribution is -2.41. The molecule has 3 aliphatic heterocycles. The number of amides is 1. The average molecular weight is 382 g/mol. The van der Waals surface area contributed by atoms with Crippen LogP contribution in [0.25, 0.3) is 0 Å². The minimum atomic E-state index is 0.186. The Morgan fingerprint density at radius 2 is 1.92 bits per heavy atom. The zero-order valence-corrected chi connectivity index (χ0v) is 16.0. The van der Waals surface area contributed by atoms with E-state index in [2.05, 4.69) is 9.80 Å². The third-order valence-corrected chi connectivity index (χ3v) is 6.29. The zero-order chi connectivity index (χ0) is 17.4. The van der Waals surface area contributed by atoms with E-state index in [0.29, 0.717) is 22.5 Å². The third kappa shape index (κ3) is 3.68. The van der Waals surface area contributed by atoms with Gasteiger partial charge in [-0.1, -0.05) is 23.2 Å². The molecule has 1 unspecified atom stereocenters. The maximum atomic E-state index is 13.1. The molecule has 0 bridgehead atoms. The molecule has 6 heteroatoms. The molecule has 0 radical (unpaired) electrons. The summed E-state index contributed by atoms with van der Waals surface area (Å²) in [5.41, 5.74) is 1.96. The molecule has 0 aliphatic carbocycles. The van der Waals surface area contributed by atoms with Gasteiger partial charge in [-0.3, -0.25) is 9.69 Å². The van der Waals surface area contributed by atoms with Crippen molar-refractivity contribution in [1.29, 1.82) is 0 Å². The van der Waals surface area contributed by atoms with Crippen molar-refractivity contribution in [2.45, 2.75) is 44.7 Å². The predicted molar refractivity (Wildman–Crippen MR) is 103 cm³/mol. The lowest BCUT2D eigenvalue weighted by Gasteiger charge is -2.28. The number of rotatable bonds is 3. The predicted octanol–water partition coefficient (Wildman–Crippen LogP) is 3.79. The summed E-state index contributed by atoms with van der Waals surface area (Å²) in [5, 5.41) is 1.24. The molecule has 2 fully saturated rings. The maximum Gasteiger partial charge on any atom is 0.228 e. The summed E-state index contributed by atoms with van der Waals surface area (Å²) < 4.78 is 0. The molecule has 0 N–H and O–H groups in total. The molecule has 3 heterocycles. The summed E-state index contributed by atoms with van der Waals surface area (Å²) in [6.07, 6.45) is 5.41. The molecule has 1 aromatic rings. The number of likely N-dealkylation sites (tertiary alicyclic amines) is 1. The summed E-state index contributed by atoms with van der Waals surface area (Å²) in [6, 6.07) is 4.17. The molecule has 1 aromatic carbocycles. The molecule has 0 saturated carbocycles. The van der Waals surface area contributed by atoms with Crippen LogP contribution in [0.2, 0.25) is 10.0 Å². The van der Waals surface area contributed by atoms with Crippen molar-refractivity contribution in [3.8, 4) is 0 Å². The van der Waals surface area contributed by atoms with Crippen LogP contribution in [0.1, 0.15) is 37.7 Å². The molecule has 0 aromatic heterocycles. The highest BCUT2D eigenvalue weighted by atomic mass is 35.5. The number of fused-ring (bicyclic) bond motifs is 2. The van der Waals surface area contributed by atoms with Crippen LogP contribution in [0.15, 0.2) is 12.1 Å². The van der Waals surface area contributed by atoms with E-state index < -0.39 is 0 Å². The summed E-state index contributed by atoms with van der Waals surface area (Å²) in [7, 11) is 0. The Morgan fingerprint density at radius 1 is 1.12 bits per heavy atom. The monoisotopic (exact) mass is 381 g/mol. The topological polar surface area (TPSA) is 26.8 Å². The molecule has 2 saturated heterocycles. The first-order valence-electron chi connectivity index (χ1n) is 9.36. The molecule has 4 nitrogen and oxygen atoms in total. The normalized spacial score (nSPS) is 24.2. The number of benzene rings is 1. The van der Waals surface area contributed by atoms with E-state index in [-0.39, 0.29) is 5.91 Å². The quantitative estimate of drug-likeness (QED) is 0.796. The minimum Gasteiger partial charge on any atom is -0.309 e. The van der Waals surface area contributed by atoms with E-state index in [1.54, 1.807) is 6.07 Å². The fourth-order valence-corrected chi connectivity index (χ4v) is 5.13. The van der Waals surface area contributed by atoms with Crippen LogP contribution in [-0.2, 0) is 11.3 Å². The number of carbonyl (C=O) groups is 1. The molecule has 1 amide bonds. The second kappa shape index (κ2) is 7.43. The number of nitrogens with zero attached hydrogens (tertiary/aromatic N) is 3. The number of halogens is 2. The summed E-state index contributed by atoms with van der Waals surface area (Å²) in [5.74, 6) is 0.186. The smallest absolute Gasteiger partial charge is 0.228 e. The van der Waals surface area contributed by atoms with Crippen molar-refractivity contribution in [3.05, 3.63) is 27.7 Å². The number of carbonyl (C=O) groups excluding carboxylic acids is 1. The van der Waals surface area contributed by atoms with E-state index in [0.717, 1.165) is 56.9 Å². The molecule has 3 aliphatic rings. The second-order valence-corrected chi connectivity index (χ2v) is 8.31. The van der Waals surface area contributed by atoms with Crippen LogP contribution in [-0.4, -0.2) is 54.5 Å². The van der Waals surface area contributed by atoms with E-state index in [4.69, 9.17) is 23.2 Å². The van der Waals surface area contributed by atoms with Crippen LogP contribution >= 0.6 is 23.2 Å². The van der Waals surface area contributed by atoms with Gasteiger partial charge in [0, 0.05) is 37.1 Å². The van der Waals surface area contributed by atoms with Crippen LogP contribution in [0, 0.1) is 0 Å². The van der Waals surface area contributed by atoms with E-state index >= 15 is 0 Å². The lowest BCUT2D eigenvalue weighted by atomic mass is 10.1. The first kappa shape index (κ1) is 17.6. The van der Waals surface area contributed by atoms with Crippen molar-refractivity contribution in [2.24, 2.45) is 0 Å². The van der Waals surface area contributed by atoms with Gasteiger partial charge in [-0.2, -0.15) is 0 Å². The Morgan fingerprint density at radius 3 is 2.72 bits per heavy atom. The van der Waals surface area contributed by atoms with Gasteiger partial charge in [0.05, 0.1) is 10.7 Å². The second-order valence-electron chi connectivity index (χ2n) is 7.46. The Balaban J connectivity index is 1.59. The van der Waals surface area contributed by atoms with Crippen molar-refractivity contribution in [1.82, 2.24) is 9.80 Å². The third-order valence-electron chi connectivity index (χ3n) is 5.78. The van der Waals surface area contributed by atoms with Crippen molar-refractivity contribution in [3.63, 3.8) is 0 Å². The van der Waals surface area contributed by atoms with Crippen molar-refractivity contribution >= 4 is 34.8 Å². The fraction of sp³-hybridized carbons (Fsp3) is 0.632. The first-order chi connectivity index (χ1) is 12.1. The number of hydrogen-bond donors (Lipinski definition) is 0. The van der Waals surface area contributed by atoms with Gasteiger partial charge in [0.15, 0.2) is 0 Å². The average Bonchev–Trinajstić information content (AvgIpc) is 3.21. The fourth-order valence-electron chi connectivity index (χ4n) is 4.49. The highest BCUT2D eigenvalue weighted by molar-refractivity contribution is 6.37. The van der Waals surface area contributed by atoms with Gasteiger partial charge in [-0.15, -0.1) is 0 Å². The Labute approximate surface area is 159 Å². The van der Waals surface area contributed by atoms with Crippen molar-refractivity contribution in [2.75, 3.05) is 37.6 Å². The molecular weight excluding hydrogens is 357 g/mol. The maximum absolute atomic E-state index is 13.1. The standard InChI is InChI=1S/C19H25Cl2N3O/c20-15-10-14-12-23-8-3-4-16(23)13-24(19(14)17(21)11-15)18(25)5-9-22-6-1-2-7-22/h10-11,16H,1-9,12-13H2. The zero-order valence-electron chi connectivity index (χ0n) is 14.5. The van der Waals surface area contributed by atoms with Gasteiger partial charge in [-0.25, -0.2) is 0 Å². The van der Waals surface area contributed by atoms with E-state index in [1.165, 1.54) is 19.3 Å². The molecule has 136 valence electrons. The minimum absolute atomic E-state index is 0.186. The SMILES string of the molecule is O=C(CCN1CCCC1)N1CC2CCCN2Cc2cc(Cl)cc(Cl)c21. The van der Waals surface area contributed by atoms with Gasteiger partial charge >= 0.3 is 0 Å². The molecule has 1 atom stereocenters. The van der Waals surface area contributed by atoms with E-state index in [9.17, 15) is 4.79 Å². The van der Waals surface area contributed by atoms with Crippen molar-refractivity contribution < 1.29 is 4.79 Å². The van der Waals surface area contributed by atoms with Gasteiger partial charge in [0.25, 0.3) is 0 Å². The largest absolute Gasteiger partial charge is 0.309 e. The Bertz CT molecular complexity index is 660. The van der Waals surface area contributed by atoms with Gasteiger partial charge in [0.1, 0.15) is 0 Å². The molecule has 0 spiro atoms. The summed E-state index contributed by atoms with van der Waals surface area (Å²) >= 11 is 12.8. The molecule has 4 rings (SSSR count). The van der Waals surface area contributed by atoms with Crippen LogP contribution in [0.5, 0.6) is 0 Å². The van der Waals surface area contributed by atoms with Crippen LogP contribution in [0.3, 0.4) is 0 Å². The van der Waals surface area contributed by atoms with Gasteiger partial charge in [0.2, 0.25) is 5.91 Å². The first-order valence-corrected chi connectivity index (χ1v) is 10.1. The molecule has 25 heavy (non-hydrogen) atoms. The summed E-state index contributed by atoms with van der Waals surface area (Å²) in [6.45, 7) is 5.75. The Hall–Kier alpha value is -0.810. The highest BCUT2D eigenvalue weighted by Gasteiger charge is 2.34. The highest BCUT2D eigenvalue weighted by Crippen LogP contribution is 2.38. The molecular formula is C19H25Cl2N3O. The lowest BCUT2D eigenvalue weighted by molar-refractivity contribution is -0.119. The van der Waals surface area contributed by atoms with Gasteiger partial charge in [-0.05, 0) is 63.0 Å². The van der Waals surface area contributed by atoms with Crippen LogP contribution < -0.4 is 4.90 Å². The Kier molecular flexibility index (Phi) is 5.23. The van der Waals surface area contributed by atoms with Crippen LogP contribution in [0.4, 0.5) is 5.69 Å². The summed E-state index contributed by atoms with van der Waals surface area (Å²) in [4.78, 5) is 19.9. The van der Waals surface area contributed by atoms with Gasteiger partial charge < -0.3 is 9.80 Å². The number of anilines is 1. The number of hydrogen-bond acceptors (Lipinski definition) is 3. The van der Waals surface area contributed by atoms with E-state index in [1.807, 2.05) is 11.0 Å².